The molecule has 1 aromatic carbocycles. The van der Waals surface area contributed by atoms with Gasteiger partial charge in [-0.2, -0.15) is 0 Å². The molecule has 0 N–H and O–H groups in total. The number of para-hydroxylation sites is 1. The number of aliphatic imine (C=N–C) groups is 1. The van der Waals surface area contributed by atoms with Crippen molar-refractivity contribution in [3.63, 3.8) is 0 Å². The van der Waals surface area contributed by atoms with Gasteiger partial charge < -0.3 is 4.74 Å². The molecule has 0 spiro atoms. The highest BCUT2D eigenvalue weighted by Crippen LogP contribution is 2.46. The van der Waals surface area contributed by atoms with E-state index in [1.165, 1.54) is 11.1 Å². The molecule has 0 unspecified atom stereocenters. The van der Waals surface area contributed by atoms with Crippen LogP contribution >= 0.6 is 0 Å². The first-order chi connectivity index (χ1) is 7.80. The van der Waals surface area contributed by atoms with Crippen LogP contribution in [0.4, 0.5) is 5.69 Å². The highest BCUT2D eigenvalue weighted by Gasteiger charge is 2.44. The van der Waals surface area contributed by atoms with Crippen molar-refractivity contribution in [2.24, 2.45) is 10.4 Å². The smallest absolute Gasteiger partial charge is 0.130 e. The summed E-state index contributed by atoms with van der Waals surface area (Å²) in [6, 6.07) is 6.30. The normalized spacial score (nSPS) is 23.5. The second-order valence-corrected chi connectivity index (χ2v) is 5.92. The fourth-order valence-electron chi connectivity index (χ4n) is 2.63. The number of fused-ring (bicyclic) bond motifs is 1. The molecule has 0 saturated carbocycles. The van der Waals surface area contributed by atoms with E-state index in [-0.39, 0.29) is 11.0 Å². The van der Waals surface area contributed by atoms with Crippen molar-refractivity contribution in [2.45, 2.75) is 40.2 Å². The molecule has 92 valence electrons. The Balaban J connectivity index is 2.68. The highest BCUT2D eigenvalue weighted by atomic mass is 16.5. The molecule has 0 fully saturated rings. The summed E-state index contributed by atoms with van der Waals surface area (Å²) in [6.45, 7) is 10.8. The molecule has 0 aromatic heterocycles. The number of methoxy groups -OCH3 is 1. The fraction of sp³-hybridized carbons (Fsp3) is 0.533. The standard InChI is InChI=1S/C15H21NO/c1-10-8-7-9-11-12(10)16-13(14(2,3)4)15(11,5)17-6/h7-9H,1-6H3/t15-/m0/s1. The molecule has 1 aliphatic rings. The van der Waals surface area contributed by atoms with Crippen molar-refractivity contribution in [3.05, 3.63) is 29.3 Å². The Morgan fingerprint density at radius 3 is 2.41 bits per heavy atom. The van der Waals surface area contributed by atoms with Gasteiger partial charge in [-0.05, 0) is 19.4 Å². The van der Waals surface area contributed by atoms with E-state index in [1.807, 2.05) is 0 Å². The van der Waals surface area contributed by atoms with Gasteiger partial charge in [-0.1, -0.05) is 39.0 Å². The van der Waals surface area contributed by atoms with Gasteiger partial charge in [0.25, 0.3) is 0 Å². The van der Waals surface area contributed by atoms with Gasteiger partial charge in [-0.3, -0.25) is 4.99 Å². The van der Waals surface area contributed by atoms with Crippen LogP contribution in [-0.2, 0) is 10.3 Å². The highest BCUT2D eigenvalue weighted by molar-refractivity contribution is 6.03. The fourth-order valence-corrected chi connectivity index (χ4v) is 2.63. The largest absolute Gasteiger partial charge is 0.368 e. The first kappa shape index (κ1) is 12.3. The van der Waals surface area contributed by atoms with Gasteiger partial charge in [0.15, 0.2) is 0 Å². The lowest BCUT2D eigenvalue weighted by atomic mass is 9.78. The number of aryl methyl sites for hydroxylation is 1. The summed E-state index contributed by atoms with van der Waals surface area (Å²) in [5.41, 5.74) is 4.21. The first-order valence-electron chi connectivity index (χ1n) is 6.05. The van der Waals surface area contributed by atoms with Crippen molar-refractivity contribution in [1.29, 1.82) is 0 Å². The molecule has 17 heavy (non-hydrogen) atoms. The van der Waals surface area contributed by atoms with Gasteiger partial charge >= 0.3 is 0 Å². The van der Waals surface area contributed by atoms with E-state index in [1.54, 1.807) is 7.11 Å². The van der Waals surface area contributed by atoms with Crippen molar-refractivity contribution < 1.29 is 4.74 Å². The quantitative estimate of drug-likeness (QED) is 0.716. The average Bonchev–Trinajstić information content (AvgIpc) is 2.55. The maximum Gasteiger partial charge on any atom is 0.130 e. The SMILES string of the molecule is CO[C@]1(C)C(C(C)(C)C)=Nc2c(C)cccc21. The second-order valence-electron chi connectivity index (χ2n) is 5.92. The summed E-state index contributed by atoms with van der Waals surface area (Å²) >= 11 is 0. The number of hydrogen-bond acceptors (Lipinski definition) is 2. The minimum Gasteiger partial charge on any atom is -0.368 e. The molecule has 0 aliphatic carbocycles. The summed E-state index contributed by atoms with van der Waals surface area (Å²) in [6.07, 6.45) is 0. The Hall–Kier alpha value is -1.15. The van der Waals surface area contributed by atoms with Crippen LogP contribution in [0.3, 0.4) is 0 Å². The zero-order chi connectivity index (χ0) is 12.8. The van der Waals surface area contributed by atoms with Crippen LogP contribution in [0, 0.1) is 12.3 Å². The van der Waals surface area contributed by atoms with Crippen LogP contribution in [0.5, 0.6) is 0 Å². The molecule has 0 bridgehead atoms. The van der Waals surface area contributed by atoms with Crippen molar-refractivity contribution in [3.8, 4) is 0 Å². The molecule has 2 nitrogen and oxygen atoms in total. The Morgan fingerprint density at radius 1 is 1.24 bits per heavy atom. The van der Waals surface area contributed by atoms with Crippen LogP contribution in [0.15, 0.2) is 23.2 Å². The Bertz CT molecular complexity index is 482. The van der Waals surface area contributed by atoms with Crippen molar-refractivity contribution in [2.75, 3.05) is 7.11 Å². The van der Waals surface area contributed by atoms with Crippen LogP contribution in [0.25, 0.3) is 0 Å². The van der Waals surface area contributed by atoms with Crippen LogP contribution < -0.4 is 0 Å². The number of nitrogens with zero attached hydrogens (tertiary/aromatic N) is 1. The molecule has 0 amide bonds. The first-order valence-corrected chi connectivity index (χ1v) is 6.05. The van der Waals surface area contributed by atoms with Crippen LogP contribution in [0.1, 0.15) is 38.8 Å². The predicted octanol–water partition coefficient (Wildman–Crippen LogP) is 3.99. The van der Waals surface area contributed by atoms with E-state index in [0.29, 0.717) is 0 Å². The van der Waals surface area contributed by atoms with E-state index in [4.69, 9.17) is 9.73 Å². The predicted molar refractivity (Wildman–Crippen MR) is 72.1 cm³/mol. The van der Waals surface area contributed by atoms with E-state index >= 15 is 0 Å². The topological polar surface area (TPSA) is 21.6 Å². The molecule has 1 heterocycles. The third kappa shape index (κ3) is 1.71. The molecule has 1 atom stereocenters. The van der Waals surface area contributed by atoms with Crippen molar-refractivity contribution in [1.82, 2.24) is 0 Å². The maximum absolute atomic E-state index is 5.79. The summed E-state index contributed by atoms with van der Waals surface area (Å²) in [7, 11) is 1.76. The third-order valence-corrected chi connectivity index (χ3v) is 3.55. The average molecular weight is 231 g/mol. The van der Waals surface area contributed by atoms with E-state index in [0.717, 1.165) is 11.4 Å². The molecule has 0 saturated heterocycles. The monoisotopic (exact) mass is 231 g/mol. The minimum absolute atomic E-state index is 0.0101. The van der Waals surface area contributed by atoms with Crippen molar-refractivity contribution >= 4 is 11.4 Å². The Morgan fingerprint density at radius 2 is 1.88 bits per heavy atom. The Labute approximate surface area is 104 Å². The zero-order valence-electron chi connectivity index (χ0n) is 11.6. The summed E-state index contributed by atoms with van der Waals surface area (Å²) in [5.74, 6) is 0. The lowest BCUT2D eigenvalue weighted by Gasteiger charge is -2.33. The minimum atomic E-state index is -0.389. The van der Waals surface area contributed by atoms with Crippen LogP contribution in [-0.4, -0.2) is 12.8 Å². The zero-order valence-corrected chi connectivity index (χ0v) is 11.6. The second kappa shape index (κ2) is 3.67. The van der Waals surface area contributed by atoms with Gasteiger partial charge in [0.2, 0.25) is 0 Å². The molecular formula is C15H21NO. The number of hydrogen-bond donors (Lipinski definition) is 0. The summed E-state index contributed by atoms with van der Waals surface area (Å²) in [4.78, 5) is 4.84. The summed E-state index contributed by atoms with van der Waals surface area (Å²) in [5, 5.41) is 0. The van der Waals surface area contributed by atoms with Crippen LogP contribution in [0.2, 0.25) is 0 Å². The molecule has 2 heteroatoms. The van der Waals surface area contributed by atoms with E-state index in [2.05, 4.69) is 52.8 Å². The number of ether oxygens (including phenoxy) is 1. The summed E-state index contributed by atoms with van der Waals surface area (Å²) < 4.78 is 5.79. The lowest BCUT2D eigenvalue weighted by Crippen LogP contribution is -2.39. The molecule has 1 aromatic rings. The maximum atomic E-state index is 5.79. The number of benzene rings is 1. The van der Waals surface area contributed by atoms with E-state index in [9.17, 15) is 0 Å². The molecule has 1 aliphatic heterocycles. The molecule has 2 rings (SSSR count). The van der Waals surface area contributed by atoms with Gasteiger partial charge in [0, 0.05) is 18.1 Å². The van der Waals surface area contributed by atoms with Gasteiger partial charge in [-0.15, -0.1) is 0 Å². The molecule has 0 radical (unpaired) electrons. The number of rotatable bonds is 1. The van der Waals surface area contributed by atoms with Gasteiger partial charge in [-0.25, -0.2) is 0 Å². The van der Waals surface area contributed by atoms with E-state index < -0.39 is 0 Å². The third-order valence-electron chi connectivity index (χ3n) is 3.55. The lowest BCUT2D eigenvalue weighted by molar-refractivity contribution is 0.0606. The molecular weight excluding hydrogens is 210 g/mol. The van der Waals surface area contributed by atoms with Gasteiger partial charge in [0.1, 0.15) is 5.60 Å². The Kier molecular flexibility index (Phi) is 2.66. The van der Waals surface area contributed by atoms with Gasteiger partial charge in [0.05, 0.1) is 11.4 Å².